The summed E-state index contributed by atoms with van der Waals surface area (Å²) in [7, 11) is 2.16. The number of nitrogens with zero attached hydrogens (tertiary/aromatic N) is 2. The zero-order chi connectivity index (χ0) is 13.1. The smallest absolute Gasteiger partial charge is 0.322 e. The van der Waals surface area contributed by atoms with Crippen LogP contribution in [0.2, 0.25) is 0 Å². The number of nitrogens with one attached hydrogen (secondary N) is 1. The molecule has 2 aliphatic rings. The highest BCUT2D eigenvalue weighted by atomic mass is 16.4. The second kappa shape index (κ2) is 5.99. The highest BCUT2D eigenvalue weighted by Crippen LogP contribution is 2.20. The second-order valence-corrected chi connectivity index (χ2v) is 5.63. The standard InChI is InChI=1S/C13H25N3O2/c1-3-11-8-16(7-6-15(11)2)9-12(13(17)18)14-10-4-5-10/h10-12,14H,3-9H2,1-2H3,(H,17,18). The summed E-state index contributed by atoms with van der Waals surface area (Å²) in [6.07, 6.45) is 3.38. The zero-order valence-corrected chi connectivity index (χ0v) is 11.4. The Morgan fingerprint density at radius 3 is 2.72 bits per heavy atom. The van der Waals surface area contributed by atoms with Gasteiger partial charge in [-0.3, -0.25) is 9.69 Å². The van der Waals surface area contributed by atoms with E-state index in [1.807, 2.05) is 0 Å². The summed E-state index contributed by atoms with van der Waals surface area (Å²) in [5.74, 6) is -0.714. The van der Waals surface area contributed by atoms with E-state index in [9.17, 15) is 9.90 Å². The SMILES string of the molecule is CCC1CN(CC(NC2CC2)C(=O)O)CCN1C. The molecule has 0 amide bonds. The topological polar surface area (TPSA) is 55.8 Å². The van der Waals surface area contributed by atoms with Gasteiger partial charge in [0, 0.05) is 38.3 Å². The minimum absolute atomic E-state index is 0.404. The maximum atomic E-state index is 11.3. The molecule has 0 spiro atoms. The maximum absolute atomic E-state index is 11.3. The van der Waals surface area contributed by atoms with Gasteiger partial charge in [0.15, 0.2) is 0 Å². The van der Waals surface area contributed by atoms with Gasteiger partial charge in [-0.25, -0.2) is 0 Å². The van der Waals surface area contributed by atoms with E-state index < -0.39 is 12.0 Å². The third-order valence-corrected chi connectivity index (χ3v) is 4.09. The van der Waals surface area contributed by atoms with Gasteiger partial charge in [-0.15, -0.1) is 0 Å². The van der Waals surface area contributed by atoms with Crippen LogP contribution in [0.15, 0.2) is 0 Å². The van der Waals surface area contributed by atoms with Gasteiger partial charge >= 0.3 is 5.97 Å². The Balaban J connectivity index is 1.84. The number of hydrogen-bond acceptors (Lipinski definition) is 4. The predicted octanol–water partition coefficient (Wildman–Crippen LogP) is 0.218. The molecule has 104 valence electrons. The lowest BCUT2D eigenvalue weighted by atomic mass is 10.1. The average molecular weight is 255 g/mol. The van der Waals surface area contributed by atoms with Crippen LogP contribution in [0.3, 0.4) is 0 Å². The summed E-state index contributed by atoms with van der Waals surface area (Å²) >= 11 is 0. The average Bonchev–Trinajstić information content (AvgIpc) is 3.14. The molecule has 2 rings (SSSR count). The van der Waals surface area contributed by atoms with Crippen LogP contribution in [-0.2, 0) is 4.79 Å². The first-order chi connectivity index (χ1) is 8.60. The number of likely N-dealkylation sites (N-methyl/N-ethyl adjacent to an activating group) is 1. The molecule has 1 saturated carbocycles. The zero-order valence-electron chi connectivity index (χ0n) is 11.4. The quantitative estimate of drug-likeness (QED) is 0.711. The summed E-state index contributed by atoms with van der Waals surface area (Å²) in [4.78, 5) is 15.9. The fourth-order valence-electron chi connectivity index (χ4n) is 2.61. The number of piperazine rings is 1. The summed E-state index contributed by atoms with van der Waals surface area (Å²) in [5.41, 5.74) is 0. The Hall–Kier alpha value is -0.650. The number of carboxylic acid groups (broad SMARTS) is 1. The third kappa shape index (κ3) is 3.67. The number of carboxylic acids is 1. The molecule has 0 radical (unpaired) electrons. The normalized spacial score (nSPS) is 28.2. The van der Waals surface area contributed by atoms with Gasteiger partial charge in [0.2, 0.25) is 0 Å². The summed E-state index contributed by atoms with van der Waals surface area (Å²) in [6, 6.07) is 0.605. The van der Waals surface area contributed by atoms with Crippen LogP contribution in [0.25, 0.3) is 0 Å². The van der Waals surface area contributed by atoms with Gasteiger partial charge in [-0.05, 0) is 26.3 Å². The largest absolute Gasteiger partial charge is 0.480 e. The molecule has 2 unspecified atom stereocenters. The number of aliphatic carboxylic acids is 1. The molecule has 2 N–H and O–H groups in total. The van der Waals surface area contributed by atoms with Crippen molar-refractivity contribution in [2.45, 2.75) is 44.3 Å². The molecule has 2 fully saturated rings. The molecule has 5 heteroatoms. The van der Waals surface area contributed by atoms with Gasteiger partial charge in [0.1, 0.15) is 6.04 Å². The second-order valence-electron chi connectivity index (χ2n) is 5.63. The number of rotatable bonds is 6. The fourth-order valence-corrected chi connectivity index (χ4v) is 2.61. The molecule has 18 heavy (non-hydrogen) atoms. The highest BCUT2D eigenvalue weighted by Gasteiger charge is 2.31. The number of hydrogen-bond donors (Lipinski definition) is 2. The van der Waals surface area contributed by atoms with Gasteiger partial charge in [-0.2, -0.15) is 0 Å². The first kappa shape index (κ1) is 13.8. The first-order valence-electron chi connectivity index (χ1n) is 7.01. The molecule has 0 aromatic carbocycles. The van der Waals surface area contributed by atoms with Crippen molar-refractivity contribution in [3.63, 3.8) is 0 Å². The molecule has 1 aliphatic carbocycles. The van der Waals surface area contributed by atoms with Gasteiger partial charge < -0.3 is 15.3 Å². The van der Waals surface area contributed by atoms with E-state index >= 15 is 0 Å². The predicted molar refractivity (Wildman–Crippen MR) is 70.7 cm³/mol. The van der Waals surface area contributed by atoms with Gasteiger partial charge in [0.05, 0.1) is 0 Å². The van der Waals surface area contributed by atoms with E-state index in [-0.39, 0.29) is 0 Å². The first-order valence-corrected chi connectivity index (χ1v) is 7.01. The molecule has 2 atom stereocenters. The Morgan fingerprint density at radius 1 is 1.44 bits per heavy atom. The summed E-state index contributed by atoms with van der Waals surface area (Å²) in [5, 5.41) is 12.5. The van der Waals surface area contributed by atoms with Crippen molar-refractivity contribution < 1.29 is 9.90 Å². The molecule has 5 nitrogen and oxygen atoms in total. The molecular formula is C13H25N3O2. The van der Waals surface area contributed by atoms with Crippen LogP contribution in [0.1, 0.15) is 26.2 Å². The van der Waals surface area contributed by atoms with Crippen molar-refractivity contribution in [3.05, 3.63) is 0 Å². The van der Waals surface area contributed by atoms with Crippen LogP contribution in [-0.4, -0.2) is 72.2 Å². The highest BCUT2D eigenvalue weighted by molar-refractivity contribution is 5.73. The van der Waals surface area contributed by atoms with Crippen molar-refractivity contribution >= 4 is 5.97 Å². The Labute approximate surface area is 109 Å². The van der Waals surface area contributed by atoms with Crippen molar-refractivity contribution in [3.8, 4) is 0 Å². The number of carbonyl (C=O) groups is 1. The van der Waals surface area contributed by atoms with E-state index in [1.165, 1.54) is 0 Å². The van der Waals surface area contributed by atoms with E-state index in [0.717, 1.165) is 38.9 Å². The van der Waals surface area contributed by atoms with Crippen LogP contribution in [0.4, 0.5) is 0 Å². The van der Waals surface area contributed by atoms with E-state index in [0.29, 0.717) is 18.6 Å². The van der Waals surface area contributed by atoms with Crippen molar-refractivity contribution in [1.29, 1.82) is 0 Å². The Morgan fingerprint density at radius 2 is 2.17 bits per heavy atom. The van der Waals surface area contributed by atoms with Crippen LogP contribution in [0.5, 0.6) is 0 Å². The van der Waals surface area contributed by atoms with Crippen LogP contribution >= 0.6 is 0 Å². The van der Waals surface area contributed by atoms with Gasteiger partial charge in [0.25, 0.3) is 0 Å². The minimum atomic E-state index is -0.714. The van der Waals surface area contributed by atoms with Crippen LogP contribution < -0.4 is 5.32 Å². The van der Waals surface area contributed by atoms with E-state index in [4.69, 9.17) is 0 Å². The lowest BCUT2D eigenvalue weighted by Gasteiger charge is -2.40. The lowest BCUT2D eigenvalue weighted by Crippen LogP contribution is -2.55. The van der Waals surface area contributed by atoms with E-state index in [1.54, 1.807) is 0 Å². The monoisotopic (exact) mass is 255 g/mol. The molecule has 0 aromatic rings. The van der Waals surface area contributed by atoms with Crippen molar-refractivity contribution in [1.82, 2.24) is 15.1 Å². The van der Waals surface area contributed by atoms with Crippen molar-refractivity contribution in [2.75, 3.05) is 33.2 Å². The van der Waals surface area contributed by atoms with Crippen LogP contribution in [0, 0.1) is 0 Å². The summed E-state index contributed by atoms with van der Waals surface area (Å²) in [6.45, 7) is 5.83. The summed E-state index contributed by atoms with van der Waals surface area (Å²) < 4.78 is 0. The molecule has 1 heterocycles. The molecule has 0 aromatic heterocycles. The van der Waals surface area contributed by atoms with Gasteiger partial charge in [-0.1, -0.05) is 6.92 Å². The molecule has 0 bridgehead atoms. The fraction of sp³-hybridized carbons (Fsp3) is 0.923. The lowest BCUT2D eigenvalue weighted by molar-refractivity contribution is -0.140. The Bertz CT molecular complexity index is 294. The molecule has 1 saturated heterocycles. The third-order valence-electron chi connectivity index (χ3n) is 4.09. The van der Waals surface area contributed by atoms with E-state index in [2.05, 4.69) is 29.1 Å². The molecule has 1 aliphatic heterocycles. The minimum Gasteiger partial charge on any atom is -0.480 e. The Kier molecular flexibility index (Phi) is 4.59. The maximum Gasteiger partial charge on any atom is 0.322 e. The molecular weight excluding hydrogens is 230 g/mol. The van der Waals surface area contributed by atoms with Crippen molar-refractivity contribution in [2.24, 2.45) is 0 Å².